The van der Waals surface area contributed by atoms with Crippen molar-refractivity contribution in [2.45, 2.75) is 38.6 Å². The maximum absolute atomic E-state index is 11.3. The number of carbonyl (C=O) groups excluding carboxylic acids is 1. The molecule has 1 aliphatic rings. The molecule has 0 saturated heterocycles. The fourth-order valence-corrected chi connectivity index (χ4v) is 2.69. The van der Waals surface area contributed by atoms with Crippen LogP contribution in [0.2, 0.25) is 0 Å². The third-order valence-electron chi connectivity index (χ3n) is 3.44. The van der Waals surface area contributed by atoms with Gasteiger partial charge < -0.3 is 10.5 Å². The molecule has 92 valence electrons. The van der Waals surface area contributed by atoms with Crippen molar-refractivity contribution in [3.63, 3.8) is 0 Å². The summed E-state index contributed by atoms with van der Waals surface area (Å²) in [6.45, 7) is 2.07. The van der Waals surface area contributed by atoms with Crippen LogP contribution in [-0.4, -0.2) is 13.1 Å². The van der Waals surface area contributed by atoms with Crippen molar-refractivity contribution in [3.8, 4) is 0 Å². The van der Waals surface area contributed by atoms with E-state index >= 15 is 0 Å². The molecule has 1 aromatic rings. The molecule has 3 heteroatoms. The van der Waals surface area contributed by atoms with Gasteiger partial charge in [-0.2, -0.15) is 0 Å². The Kier molecular flexibility index (Phi) is 3.48. The molecule has 0 radical (unpaired) electrons. The smallest absolute Gasteiger partial charge is 0.309 e. The molecule has 2 N–H and O–H groups in total. The number of nitrogens with two attached hydrogens (primary N) is 1. The fourth-order valence-electron chi connectivity index (χ4n) is 2.69. The van der Waals surface area contributed by atoms with Gasteiger partial charge in [-0.1, -0.05) is 12.1 Å². The summed E-state index contributed by atoms with van der Waals surface area (Å²) in [5.41, 5.74) is 11.0. The molecule has 2 rings (SSSR count). The molecule has 1 aromatic carbocycles. The number of methoxy groups -OCH3 is 1. The topological polar surface area (TPSA) is 52.3 Å². The third-order valence-corrected chi connectivity index (χ3v) is 3.44. The summed E-state index contributed by atoms with van der Waals surface area (Å²) < 4.78 is 4.70. The zero-order chi connectivity index (χ0) is 12.4. The number of esters is 1. The quantitative estimate of drug-likeness (QED) is 0.795. The molecule has 0 aromatic heterocycles. The molecule has 0 fully saturated rings. The highest BCUT2D eigenvalue weighted by Crippen LogP contribution is 2.31. The Bertz CT molecular complexity index is 440. The molecule has 1 unspecified atom stereocenters. The lowest BCUT2D eigenvalue weighted by atomic mass is 9.84. The maximum Gasteiger partial charge on any atom is 0.309 e. The van der Waals surface area contributed by atoms with Gasteiger partial charge in [0.2, 0.25) is 0 Å². The molecule has 1 atom stereocenters. The Balaban J connectivity index is 2.33. The van der Waals surface area contributed by atoms with Gasteiger partial charge in [-0.05, 0) is 48.4 Å². The minimum absolute atomic E-state index is 0.158. The normalized spacial score (nSPS) is 18.6. The number of ether oxygens (including phenoxy) is 1. The number of rotatable bonds is 2. The molecular formula is C14H19NO2. The molecular weight excluding hydrogens is 214 g/mol. The van der Waals surface area contributed by atoms with Crippen LogP contribution in [0.4, 0.5) is 0 Å². The Morgan fingerprint density at radius 1 is 1.53 bits per heavy atom. The summed E-state index contributed by atoms with van der Waals surface area (Å²) >= 11 is 0. The zero-order valence-electron chi connectivity index (χ0n) is 10.5. The Hall–Kier alpha value is -1.35. The highest BCUT2D eigenvalue weighted by Gasteiger charge is 2.19. The van der Waals surface area contributed by atoms with Gasteiger partial charge in [-0.15, -0.1) is 0 Å². The van der Waals surface area contributed by atoms with Crippen LogP contribution in [0.15, 0.2) is 12.1 Å². The Morgan fingerprint density at radius 2 is 2.29 bits per heavy atom. The van der Waals surface area contributed by atoms with Gasteiger partial charge in [0.05, 0.1) is 13.5 Å². The van der Waals surface area contributed by atoms with Crippen molar-refractivity contribution < 1.29 is 9.53 Å². The number of benzene rings is 1. The molecule has 0 saturated carbocycles. The molecule has 0 spiro atoms. The van der Waals surface area contributed by atoms with Gasteiger partial charge in [-0.3, -0.25) is 4.79 Å². The Labute approximate surface area is 102 Å². The van der Waals surface area contributed by atoms with Gasteiger partial charge in [0.1, 0.15) is 0 Å². The van der Waals surface area contributed by atoms with E-state index < -0.39 is 0 Å². The number of hydrogen-bond acceptors (Lipinski definition) is 3. The van der Waals surface area contributed by atoms with Crippen LogP contribution >= 0.6 is 0 Å². The van der Waals surface area contributed by atoms with Gasteiger partial charge in [0.15, 0.2) is 0 Å². The lowest BCUT2D eigenvalue weighted by molar-refractivity contribution is -0.139. The van der Waals surface area contributed by atoms with E-state index in [2.05, 4.69) is 19.1 Å². The summed E-state index contributed by atoms with van der Waals surface area (Å²) in [5, 5.41) is 0. The average molecular weight is 233 g/mol. The molecule has 0 amide bonds. The van der Waals surface area contributed by atoms with Gasteiger partial charge in [0.25, 0.3) is 0 Å². The van der Waals surface area contributed by atoms with Gasteiger partial charge in [0, 0.05) is 6.04 Å². The zero-order valence-corrected chi connectivity index (χ0v) is 10.5. The second kappa shape index (κ2) is 4.88. The summed E-state index contributed by atoms with van der Waals surface area (Å²) in [5.74, 6) is -0.190. The van der Waals surface area contributed by atoms with E-state index in [9.17, 15) is 4.79 Å². The first kappa shape index (κ1) is 12.1. The van der Waals surface area contributed by atoms with E-state index in [0.29, 0.717) is 6.42 Å². The van der Waals surface area contributed by atoms with Crippen molar-refractivity contribution >= 4 is 5.97 Å². The van der Waals surface area contributed by atoms with Gasteiger partial charge >= 0.3 is 5.97 Å². The SMILES string of the molecule is COC(=O)Cc1cc(C)c2c(c1)CCCC2N. The number of fused-ring (bicyclic) bond motifs is 1. The number of aryl methyl sites for hydroxylation is 2. The summed E-state index contributed by atoms with van der Waals surface area (Å²) in [7, 11) is 1.42. The second-order valence-corrected chi connectivity index (χ2v) is 4.74. The first-order chi connectivity index (χ1) is 8.11. The molecule has 3 nitrogen and oxygen atoms in total. The highest BCUT2D eigenvalue weighted by molar-refractivity contribution is 5.72. The van der Waals surface area contributed by atoms with Crippen molar-refractivity contribution in [2.75, 3.05) is 7.11 Å². The van der Waals surface area contributed by atoms with Crippen molar-refractivity contribution in [1.82, 2.24) is 0 Å². The Morgan fingerprint density at radius 3 is 3.00 bits per heavy atom. The summed E-state index contributed by atoms with van der Waals surface area (Å²) in [6, 6.07) is 4.32. The van der Waals surface area contributed by atoms with E-state index in [1.165, 1.54) is 23.8 Å². The third kappa shape index (κ3) is 2.50. The number of carbonyl (C=O) groups is 1. The van der Waals surface area contributed by atoms with E-state index in [4.69, 9.17) is 10.5 Å². The van der Waals surface area contributed by atoms with E-state index in [0.717, 1.165) is 24.8 Å². The maximum atomic E-state index is 11.3. The fraction of sp³-hybridized carbons (Fsp3) is 0.500. The monoisotopic (exact) mass is 233 g/mol. The standard InChI is InChI=1S/C14H19NO2/c1-9-6-10(8-13(16)17-2)7-11-4-3-5-12(15)14(9)11/h6-7,12H,3-5,8,15H2,1-2H3. The van der Waals surface area contributed by atoms with Crippen LogP contribution in [0.1, 0.15) is 41.1 Å². The number of hydrogen-bond donors (Lipinski definition) is 1. The summed E-state index contributed by atoms with van der Waals surface area (Å²) in [4.78, 5) is 11.3. The van der Waals surface area contributed by atoms with Gasteiger partial charge in [-0.25, -0.2) is 0 Å². The van der Waals surface area contributed by atoms with Crippen molar-refractivity contribution in [2.24, 2.45) is 5.73 Å². The predicted molar refractivity (Wildman–Crippen MR) is 66.8 cm³/mol. The first-order valence-electron chi connectivity index (χ1n) is 6.06. The van der Waals surface area contributed by atoms with Crippen LogP contribution in [0.3, 0.4) is 0 Å². The van der Waals surface area contributed by atoms with Crippen molar-refractivity contribution in [3.05, 3.63) is 34.4 Å². The molecule has 0 heterocycles. The first-order valence-corrected chi connectivity index (χ1v) is 6.06. The molecule has 0 bridgehead atoms. The van der Waals surface area contributed by atoms with Crippen LogP contribution in [0.25, 0.3) is 0 Å². The van der Waals surface area contributed by atoms with E-state index in [1.807, 2.05) is 0 Å². The minimum Gasteiger partial charge on any atom is -0.469 e. The highest BCUT2D eigenvalue weighted by atomic mass is 16.5. The minimum atomic E-state index is -0.190. The largest absolute Gasteiger partial charge is 0.469 e. The lowest BCUT2D eigenvalue weighted by Gasteiger charge is -2.25. The molecule has 0 aliphatic heterocycles. The second-order valence-electron chi connectivity index (χ2n) is 4.74. The van der Waals surface area contributed by atoms with E-state index in [-0.39, 0.29) is 12.0 Å². The van der Waals surface area contributed by atoms with E-state index in [1.54, 1.807) is 0 Å². The molecule has 17 heavy (non-hydrogen) atoms. The predicted octanol–water partition coefficient (Wildman–Crippen LogP) is 2.05. The average Bonchev–Trinajstić information content (AvgIpc) is 2.28. The van der Waals surface area contributed by atoms with Crippen molar-refractivity contribution in [1.29, 1.82) is 0 Å². The van der Waals surface area contributed by atoms with Crippen LogP contribution in [-0.2, 0) is 22.4 Å². The van der Waals surface area contributed by atoms with Crippen LogP contribution in [0.5, 0.6) is 0 Å². The molecule has 1 aliphatic carbocycles. The lowest BCUT2D eigenvalue weighted by Crippen LogP contribution is -2.19. The van der Waals surface area contributed by atoms with Crippen LogP contribution < -0.4 is 5.73 Å². The van der Waals surface area contributed by atoms with Crippen LogP contribution in [0, 0.1) is 6.92 Å². The summed E-state index contributed by atoms with van der Waals surface area (Å²) in [6.07, 6.45) is 3.61.